The summed E-state index contributed by atoms with van der Waals surface area (Å²) in [5.41, 5.74) is -0.210. The molecule has 0 radical (unpaired) electrons. The maximum absolute atomic E-state index is 13.3. The fourth-order valence-corrected chi connectivity index (χ4v) is 9.67. The Morgan fingerprint density at radius 3 is 2.54 bits per heavy atom. The first-order valence-electron chi connectivity index (χ1n) is 13.9. The minimum Gasteiger partial charge on any atom is -0.461 e. The van der Waals surface area contributed by atoms with Gasteiger partial charge in [0, 0.05) is 13.3 Å². The predicted octanol–water partition coefficient (Wildman–Crippen LogP) is 4.13. The summed E-state index contributed by atoms with van der Waals surface area (Å²) in [6, 6.07) is 0. The normalized spacial score (nSPS) is 46.9. The lowest BCUT2D eigenvalue weighted by molar-refractivity contribution is -0.156. The third-order valence-corrected chi connectivity index (χ3v) is 11.7. The number of ether oxygens (including phenoxy) is 3. The van der Waals surface area contributed by atoms with Gasteiger partial charge in [-0.2, -0.15) is 0 Å². The molecule has 4 fully saturated rings. The molecule has 6 aliphatic rings. The Bertz CT molecular complexity index is 1150. The van der Waals surface area contributed by atoms with Crippen LogP contribution in [0.25, 0.3) is 0 Å². The van der Waals surface area contributed by atoms with Crippen LogP contribution in [-0.2, 0) is 33.4 Å². The average molecular weight is 511 g/mol. The molecular formula is C30H38O7. The number of cyclic esters (lactones) is 1. The zero-order valence-electron chi connectivity index (χ0n) is 22.5. The van der Waals surface area contributed by atoms with Gasteiger partial charge in [0.15, 0.2) is 17.2 Å². The molecule has 0 amide bonds. The Morgan fingerprint density at radius 2 is 1.84 bits per heavy atom. The highest BCUT2D eigenvalue weighted by atomic mass is 16.6. The lowest BCUT2D eigenvalue weighted by atomic mass is 9.44. The Labute approximate surface area is 218 Å². The SMILES string of the molecule is CC(=O)OCC1=C(C)CC([C@@H](C)C2CCC3C4C[C@H]5O[C@]56C(=O)C=CC(=O)[C@]6(C)C4CC[C@@]32C)OC1=O. The second kappa shape index (κ2) is 8.11. The summed E-state index contributed by atoms with van der Waals surface area (Å²) in [4.78, 5) is 50.3. The Kier molecular flexibility index (Phi) is 5.48. The van der Waals surface area contributed by atoms with Gasteiger partial charge in [-0.1, -0.05) is 19.4 Å². The lowest BCUT2D eigenvalue weighted by Gasteiger charge is -2.57. The van der Waals surface area contributed by atoms with Crippen LogP contribution in [0.5, 0.6) is 0 Å². The molecule has 0 aromatic carbocycles. The molecule has 3 saturated carbocycles. The number of hydrogen-bond donors (Lipinski definition) is 0. The van der Waals surface area contributed by atoms with E-state index in [0.29, 0.717) is 29.7 Å². The summed E-state index contributed by atoms with van der Waals surface area (Å²) in [5.74, 6) is 0.806. The van der Waals surface area contributed by atoms with E-state index in [2.05, 4.69) is 13.8 Å². The van der Waals surface area contributed by atoms with Crippen molar-refractivity contribution < 1.29 is 33.4 Å². The molecule has 10 atom stereocenters. The maximum Gasteiger partial charge on any atom is 0.337 e. The zero-order chi connectivity index (χ0) is 26.5. The van der Waals surface area contributed by atoms with Crippen molar-refractivity contribution >= 4 is 23.5 Å². The molecule has 1 spiro atoms. The number of ketones is 2. The molecule has 0 aromatic rings. The van der Waals surface area contributed by atoms with Gasteiger partial charge in [0.05, 0.1) is 17.1 Å². The van der Waals surface area contributed by atoms with Gasteiger partial charge in [-0.3, -0.25) is 14.4 Å². The van der Waals surface area contributed by atoms with E-state index in [1.165, 1.54) is 19.1 Å². The predicted molar refractivity (Wildman–Crippen MR) is 133 cm³/mol. The van der Waals surface area contributed by atoms with Gasteiger partial charge in [0.25, 0.3) is 0 Å². The molecule has 7 nitrogen and oxygen atoms in total. The van der Waals surface area contributed by atoms with Crippen molar-refractivity contribution in [3.8, 4) is 0 Å². The van der Waals surface area contributed by atoms with Crippen LogP contribution in [0.1, 0.15) is 73.1 Å². The number of esters is 2. The summed E-state index contributed by atoms with van der Waals surface area (Å²) in [7, 11) is 0. The zero-order valence-corrected chi connectivity index (χ0v) is 22.5. The van der Waals surface area contributed by atoms with Crippen LogP contribution in [0.2, 0.25) is 0 Å². The summed E-state index contributed by atoms with van der Waals surface area (Å²) >= 11 is 0. The molecule has 5 unspecified atom stereocenters. The molecule has 6 rings (SSSR count). The average Bonchev–Trinajstić information content (AvgIpc) is 3.47. The van der Waals surface area contributed by atoms with Crippen molar-refractivity contribution in [1.82, 2.24) is 0 Å². The smallest absolute Gasteiger partial charge is 0.337 e. The maximum atomic E-state index is 13.3. The third-order valence-electron chi connectivity index (χ3n) is 11.7. The van der Waals surface area contributed by atoms with Crippen LogP contribution < -0.4 is 0 Å². The van der Waals surface area contributed by atoms with Gasteiger partial charge in [-0.25, -0.2) is 4.79 Å². The minimum atomic E-state index is -0.928. The molecule has 0 N–H and O–H groups in total. The molecule has 4 aliphatic carbocycles. The quantitative estimate of drug-likeness (QED) is 0.414. The number of epoxide rings is 1. The topological polar surface area (TPSA) is 99.3 Å². The fourth-order valence-electron chi connectivity index (χ4n) is 9.67. The molecule has 2 aliphatic heterocycles. The van der Waals surface area contributed by atoms with E-state index in [-0.39, 0.29) is 53.6 Å². The van der Waals surface area contributed by atoms with Crippen LogP contribution in [0.3, 0.4) is 0 Å². The van der Waals surface area contributed by atoms with Crippen LogP contribution in [0.15, 0.2) is 23.3 Å². The molecule has 37 heavy (non-hydrogen) atoms. The van der Waals surface area contributed by atoms with Crippen molar-refractivity contribution in [2.75, 3.05) is 6.61 Å². The molecule has 1 saturated heterocycles. The van der Waals surface area contributed by atoms with Gasteiger partial charge in [0.1, 0.15) is 12.7 Å². The van der Waals surface area contributed by atoms with Gasteiger partial charge in [-0.05, 0) is 93.1 Å². The van der Waals surface area contributed by atoms with Crippen LogP contribution >= 0.6 is 0 Å². The van der Waals surface area contributed by atoms with Crippen molar-refractivity contribution in [3.63, 3.8) is 0 Å². The standard InChI is InChI=1S/C30H38O7/c1-15-12-23(36-27(34)19(15)14-35-17(3)31)16(2)20-6-7-21-18-13-26-30(37-26)25(33)9-8-24(32)29(30,5)22(18)10-11-28(20,21)4/h8-9,16,18,20-23,26H,6-7,10-14H2,1-5H3/t16-,18?,20?,21?,22?,23?,26+,28+,29-,30+/m0/s1. The lowest BCUT2D eigenvalue weighted by Crippen LogP contribution is -2.62. The number of hydrogen-bond acceptors (Lipinski definition) is 7. The van der Waals surface area contributed by atoms with Crippen molar-refractivity contribution in [3.05, 3.63) is 23.3 Å². The first-order chi connectivity index (χ1) is 17.4. The number of carbonyl (C=O) groups excluding carboxylic acids is 4. The van der Waals surface area contributed by atoms with Gasteiger partial charge in [-0.15, -0.1) is 0 Å². The van der Waals surface area contributed by atoms with Crippen molar-refractivity contribution in [1.29, 1.82) is 0 Å². The molecular weight excluding hydrogens is 472 g/mol. The second-order valence-electron chi connectivity index (χ2n) is 13.0. The monoisotopic (exact) mass is 510 g/mol. The van der Waals surface area contributed by atoms with Crippen molar-refractivity contribution in [2.45, 2.75) is 91.0 Å². The molecule has 0 aromatic heterocycles. The molecule has 7 heteroatoms. The molecule has 2 heterocycles. The third kappa shape index (κ3) is 3.22. The Balaban J connectivity index is 1.23. The summed E-state index contributed by atoms with van der Waals surface area (Å²) in [6.07, 6.45) is 8.17. The van der Waals surface area contributed by atoms with Gasteiger partial charge in [0.2, 0.25) is 0 Å². The number of rotatable bonds is 4. The fraction of sp³-hybridized carbons (Fsp3) is 0.733. The first kappa shape index (κ1) is 25.0. The largest absolute Gasteiger partial charge is 0.461 e. The Morgan fingerprint density at radius 1 is 1.11 bits per heavy atom. The first-order valence-corrected chi connectivity index (χ1v) is 13.9. The highest BCUT2D eigenvalue weighted by molar-refractivity contribution is 6.15. The highest BCUT2D eigenvalue weighted by Crippen LogP contribution is 2.72. The van der Waals surface area contributed by atoms with Crippen LogP contribution in [-0.4, -0.2) is 47.9 Å². The van der Waals surface area contributed by atoms with E-state index in [1.54, 1.807) is 0 Å². The number of allylic oxidation sites excluding steroid dienone is 1. The van der Waals surface area contributed by atoms with E-state index in [0.717, 1.165) is 37.7 Å². The van der Waals surface area contributed by atoms with Gasteiger partial charge < -0.3 is 14.2 Å². The van der Waals surface area contributed by atoms with E-state index in [4.69, 9.17) is 14.2 Å². The summed E-state index contributed by atoms with van der Waals surface area (Å²) < 4.78 is 17.2. The van der Waals surface area contributed by atoms with Crippen molar-refractivity contribution in [2.24, 2.45) is 40.4 Å². The van der Waals surface area contributed by atoms with E-state index in [1.807, 2.05) is 13.8 Å². The highest BCUT2D eigenvalue weighted by Gasteiger charge is 2.80. The summed E-state index contributed by atoms with van der Waals surface area (Å²) in [6.45, 7) is 9.86. The molecule has 200 valence electrons. The van der Waals surface area contributed by atoms with Gasteiger partial charge >= 0.3 is 11.9 Å². The Hall–Kier alpha value is -2.28. The molecule has 0 bridgehead atoms. The van der Waals surface area contributed by atoms with Crippen LogP contribution in [0.4, 0.5) is 0 Å². The van der Waals surface area contributed by atoms with E-state index < -0.39 is 17.0 Å². The number of fused-ring (bicyclic) bond motifs is 4. The minimum absolute atomic E-state index is 0.0279. The number of carbonyl (C=O) groups is 4. The van der Waals surface area contributed by atoms with E-state index in [9.17, 15) is 19.2 Å². The van der Waals surface area contributed by atoms with Crippen LogP contribution in [0, 0.1) is 40.4 Å². The summed E-state index contributed by atoms with van der Waals surface area (Å²) in [5, 5.41) is 0. The second-order valence-corrected chi connectivity index (χ2v) is 13.0. The van der Waals surface area contributed by atoms with E-state index >= 15 is 0 Å².